The number of hydrogen-bond acceptors (Lipinski definition) is 6. The summed E-state index contributed by atoms with van der Waals surface area (Å²) in [5.41, 5.74) is 3.62. The van der Waals surface area contributed by atoms with E-state index in [0.717, 1.165) is 23.2 Å². The Balaban J connectivity index is 1.39. The summed E-state index contributed by atoms with van der Waals surface area (Å²) in [6, 6.07) is 14.3. The van der Waals surface area contributed by atoms with Gasteiger partial charge in [0.25, 0.3) is 0 Å². The fraction of sp³-hybridized carbons (Fsp3) is 0.259. The predicted octanol–water partition coefficient (Wildman–Crippen LogP) is 3.63. The maximum atomic E-state index is 13.3. The van der Waals surface area contributed by atoms with Gasteiger partial charge >= 0.3 is 0 Å². The summed E-state index contributed by atoms with van der Waals surface area (Å²) in [4.78, 5) is 48.7. The third-order valence-corrected chi connectivity index (χ3v) is 6.38. The van der Waals surface area contributed by atoms with Gasteiger partial charge in [0, 0.05) is 42.5 Å². The van der Waals surface area contributed by atoms with Crippen molar-refractivity contribution in [1.29, 1.82) is 0 Å². The Bertz CT molecular complexity index is 1460. The van der Waals surface area contributed by atoms with Gasteiger partial charge in [-0.25, -0.2) is 4.98 Å². The number of anilines is 1. The number of nitrogens with one attached hydrogen (secondary N) is 1. The maximum absolute atomic E-state index is 13.3. The first-order chi connectivity index (χ1) is 17.4. The van der Waals surface area contributed by atoms with Gasteiger partial charge in [-0.15, -0.1) is 0 Å². The standard InChI is InChI=1S/C27H26N6O3/c1-17-6-3-9-24(29-17)30-27(36)23-8-5-13-32(23)25(35)16-33-22-11-10-19(20-7-4-12-28-15-20)14-21(22)26(31-33)18(2)34/h3-4,6-7,9-12,14-15,23H,5,8,13,16H2,1-2H3,(H,29,30,36)/t23-/m0/s1. The number of aryl methyl sites for hydroxylation is 1. The van der Waals surface area contributed by atoms with E-state index in [1.807, 2.05) is 49.4 Å². The van der Waals surface area contributed by atoms with Gasteiger partial charge in [0.05, 0.1) is 5.52 Å². The largest absolute Gasteiger partial charge is 0.329 e. The Morgan fingerprint density at radius 2 is 1.94 bits per heavy atom. The summed E-state index contributed by atoms with van der Waals surface area (Å²) in [7, 11) is 0. The lowest BCUT2D eigenvalue weighted by Gasteiger charge is -2.24. The zero-order valence-electron chi connectivity index (χ0n) is 20.1. The molecule has 3 aromatic heterocycles. The van der Waals surface area contributed by atoms with E-state index in [1.54, 1.807) is 28.0 Å². The molecule has 182 valence electrons. The van der Waals surface area contributed by atoms with Crippen LogP contribution in [-0.2, 0) is 16.1 Å². The zero-order valence-corrected chi connectivity index (χ0v) is 20.1. The number of amides is 2. The van der Waals surface area contributed by atoms with Crippen molar-refractivity contribution in [3.8, 4) is 11.1 Å². The van der Waals surface area contributed by atoms with E-state index >= 15 is 0 Å². The van der Waals surface area contributed by atoms with Crippen molar-refractivity contribution in [1.82, 2.24) is 24.6 Å². The molecule has 0 radical (unpaired) electrons. The maximum Gasteiger partial charge on any atom is 0.248 e. The summed E-state index contributed by atoms with van der Waals surface area (Å²) >= 11 is 0. The molecule has 0 aliphatic carbocycles. The number of ketones is 1. The zero-order chi connectivity index (χ0) is 25.2. The molecule has 1 N–H and O–H groups in total. The third-order valence-electron chi connectivity index (χ3n) is 6.38. The number of carbonyl (C=O) groups is 3. The van der Waals surface area contributed by atoms with Crippen LogP contribution < -0.4 is 5.32 Å². The van der Waals surface area contributed by atoms with E-state index in [1.165, 1.54) is 6.92 Å². The van der Waals surface area contributed by atoms with Crippen molar-refractivity contribution in [2.75, 3.05) is 11.9 Å². The average Bonchev–Trinajstić information content (AvgIpc) is 3.50. The number of aromatic nitrogens is 4. The van der Waals surface area contributed by atoms with Gasteiger partial charge < -0.3 is 10.2 Å². The minimum absolute atomic E-state index is 0.0670. The topological polar surface area (TPSA) is 110 Å². The van der Waals surface area contributed by atoms with Crippen molar-refractivity contribution < 1.29 is 14.4 Å². The number of benzene rings is 1. The summed E-state index contributed by atoms with van der Waals surface area (Å²) < 4.78 is 1.55. The number of carbonyl (C=O) groups excluding carboxylic acids is 3. The molecule has 1 aromatic carbocycles. The average molecular weight is 483 g/mol. The van der Waals surface area contributed by atoms with E-state index in [2.05, 4.69) is 20.4 Å². The molecule has 1 fully saturated rings. The van der Waals surface area contributed by atoms with Crippen molar-refractivity contribution in [3.05, 3.63) is 72.3 Å². The lowest BCUT2D eigenvalue weighted by molar-refractivity contribution is -0.137. The second kappa shape index (κ2) is 9.69. The molecule has 1 saturated heterocycles. The smallest absolute Gasteiger partial charge is 0.248 e. The van der Waals surface area contributed by atoms with Gasteiger partial charge in [0.2, 0.25) is 11.8 Å². The van der Waals surface area contributed by atoms with Crippen molar-refractivity contribution in [3.63, 3.8) is 0 Å². The van der Waals surface area contributed by atoms with Crippen LogP contribution in [0.2, 0.25) is 0 Å². The molecule has 1 aliphatic heterocycles. The van der Waals surface area contributed by atoms with Crippen LogP contribution in [0, 0.1) is 6.92 Å². The number of likely N-dealkylation sites (tertiary alicyclic amines) is 1. The van der Waals surface area contributed by atoms with E-state index in [4.69, 9.17) is 0 Å². The molecule has 0 spiro atoms. The Morgan fingerprint density at radius 3 is 2.69 bits per heavy atom. The molecule has 1 aliphatic rings. The summed E-state index contributed by atoms with van der Waals surface area (Å²) in [6.45, 7) is 3.74. The van der Waals surface area contributed by atoms with E-state index < -0.39 is 6.04 Å². The number of pyridine rings is 2. The number of nitrogens with zero attached hydrogens (tertiary/aromatic N) is 5. The highest BCUT2D eigenvalue weighted by atomic mass is 16.2. The summed E-state index contributed by atoms with van der Waals surface area (Å²) in [5.74, 6) is -0.193. The number of fused-ring (bicyclic) bond motifs is 1. The van der Waals surface area contributed by atoms with Crippen LogP contribution in [0.5, 0.6) is 0 Å². The Labute approximate surface area is 208 Å². The van der Waals surface area contributed by atoms with Crippen molar-refractivity contribution >= 4 is 34.3 Å². The van der Waals surface area contributed by atoms with Crippen molar-refractivity contribution in [2.24, 2.45) is 0 Å². The number of rotatable bonds is 6. The van der Waals surface area contributed by atoms with E-state index in [9.17, 15) is 14.4 Å². The molecule has 4 heterocycles. The first-order valence-corrected chi connectivity index (χ1v) is 11.9. The third kappa shape index (κ3) is 4.59. The summed E-state index contributed by atoms with van der Waals surface area (Å²) in [5, 5.41) is 7.98. The van der Waals surface area contributed by atoms with Crippen LogP contribution in [0.4, 0.5) is 5.82 Å². The SMILES string of the molecule is CC(=O)c1nn(CC(=O)N2CCC[C@H]2C(=O)Nc2cccc(C)n2)c2ccc(-c3cccnc3)cc12. The van der Waals surface area contributed by atoms with Crippen LogP contribution in [-0.4, -0.2) is 54.8 Å². The van der Waals surface area contributed by atoms with Crippen LogP contribution in [0.3, 0.4) is 0 Å². The quantitative estimate of drug-likeness (QED) is 0.420. The fourth-order valence-corrected chi connectivity index (χ4v) is 4.65. The second-order valence-corrected chi connectivity index (χ2v) is 8.93. The molecule has 0 saturated carbocycles. The molecule has 4 aromatic rings. The highest BCUT2D eigenvalue weighted by Crippen LogP contribution is 2.27. The highest BCUT2D eigenvalue weighted by molar-refractivity contribution is 6.06. The van der Waals surface area contributed by atoms with Gasteiger partial charge in [-0.2, -0.15) is 5.10 Å². The monoisotopic (exact) mass is 482 g/mol. The van der Waals surface area contributed by atoms with Gasteiger partial charge in [-0.3, -0.25) is 24.0 Å². The molecule has 36 heavy (non-hydrogen) atoms. The van der Waals surface area contributed by atoms with E-state index in [0.29, 0.717) is 35.4 Å². The minimum atomic E-state index is -0.578. The van der Waals surface area contributed by atoms with E-state index in [-0.39, 0.29) is 24.1 Å². The highest BCUT2D eigenvalue weighted by Gasteiger charge is 2.34. The molecule has 1 atom stereocenters. The molecular weight excluding hydrogens is 456 g/mol. The lowest BCUT2D eigenvalue weighted by atomic mass is 10.0. The van der Waals surface area contributed by atoms with Crippen LogP contribution in [0.15, 0.2) is 60.9 Å². The number of Topliss-reactive ketones (excluding diaryl/α,β-unsaturated/α-hetero) is 1. The van der Waals surface area contributed by atoms with Crippen LogP contribution >= 0.6 is 0 Å². The molecular formula is C27H26N6O3. The molecule has 2 amide bonds. The molecule has 5 rings (SSSR count). The van der Waals surface area contributed by atoms with Gasteiger partial charge in [0.15, 0.2) is 5.78 Å². The Hall–Kier alpha value is -4.40. The van der Waals surface area contributed by atoms with Crippen molar-refractivity contribution in [2.45, 2.75) is 39.3 Å². The van der Waals surface area contributed by atoms with Crippen LogP contribution in [0.25, 0.3) is 22.0 Å². The first kappa shape index (κ1) is 23.3. The minimum Gasteiger partial charge on any atom is -0.329 e. The molecule has 9 nitrogen and oxygen atoms in total. The van der Waals surface area contributed by atoms with Crippen LogP contribution in [0.1, 0.15) is 35.9 Å². The van der Waals surface area contributed by atoms with Gasteiger partial charge in [-0.1, -0.05) is 18.2 Å². The number of hydrogen-bond donors (Lipinski definition) is 1. The lowest BCUT2D eigenvalue weighted by Crippen LogP contribution is -2.44. The molecule has 0 unspecified atom stereocenters. The van der Waals surface area contributed by atoms with Gasteiger partial charge in [0.1, 0.15) is 24.1 Å². The normalized spacial score (nSPS) is 15.3. The first-order valence-electron chi connectivity index (χ1n) is 11.9. The molecule has 0 bridgehead atoms. The Kier molecular flexibility index (Phi) is 6.28. The summed E-state index contributed by atoms with van der Waals surface area (Å²) in [6.07, 6.45) is 4.78. The van der Waals surface area contributed by atoms with Gasteiger partial charge in [-0.05, 0) is 55.7 Å². The Morgan fingerprint density at radius 1 is 1.08 bits per heavy atom. The molecule has 9 heteroatoms. The second-order valence-electron chi connectivity index (χ2n) is 8.93. The predicted molar refractivity (Wildman–Crippen MR) is 135 cm³/mol. The fourth-order valence-electron chi connectivity index (χ4n) is 4.65.